The topological polar surface area (TPSA) is 155 Å². The molecule has 72 heavy (non-hydrogen) atoms. The fourth-order valence-corrected chi connectivity index (χ4v) is 9.21. The largest absolute Gasteiger partial charge is 0.472 e. The quantitative estimate of drug-likeness (QED) is 0.0197. The van der Waals surface area contributed by atoms with Gasteiger partial charge >= 0.3 is 25.7 Å². The SMILES string of the molecule is CCCC/C=C\CCCCCCCC(=O)OC(CO)COP(=O)(O)OCC(COC(=O)CCCCCCCCCCCCCCCCC)OC(=O)CCCCCCCCCCC/C=C\C/C=C\CCCCC. The molecule has 0 aliphatic carbocycles. The van der Waals surface area contributed by atoms with E-state index in [2.05, 4.69) is 57.2 Å². The molecule has 0 saturated heterocycles. The van der Waals surface area contributed by atoms with Gasteiger partial charge in [-0.05, 0) is 70.6 Å². The van der Waals surface area contributed by atoms with E-state index in [1.165, 1.54) is 141 Å². The molecule has 3 atom stereocenters. The molecule has 12 heteroatoms. The van der Waals surface area contributed by atoms with Crippen molar-refractivity contribution in [1.29, 1.82) is 0 Å². The van der Waals surface area contributed by atoms with Crippen LogP contribution in [0.5, 0.6) is 0 Å². The number of ether oxygens (including phenoxy) is 3. The number of unbranched alkanes of at least 4 members (excludes halogenated alkanes) is 33. The summed E-state index contributed by atoms with van der Waals surface area (Å²) in [7, 11) is -4.74. The zero-order valence-corrected chi connectivity index (χ0v) is 47.6. The van der Waals surface area contributed by atoms with Crippen molar-refractivity contribution in [2.75, 3.05) is 26.4 Å². The molecule has 0 spiro atoms. The maximum absolute atomic E-state index is 12.9. The van der Waals surface area contributed by atoms with E-state index >= 15 is 0 Å². The summed E-state index contributed by atoms with van der Waals surface area (Å²) in [6, 6.07) is 0. The fourth-order valence-electron chi connectivity index (χ4n) is 8.43. The minimum absolute atomic E-state index is 0.166. The number of hydrogen-bond acceptors (Lipinski definition) is 10. The number of aliphatic hydroxyl groups is 1. The summed E-state index contributed by atoms with van der Waals surface area (Å²) >= 11 is 0. The zero-order valence-electron chi connectivity index (χ0n) is 46.7. The average Bonchev–Trinajstić information content (AvgIpc) is 3.37. The van der Waals surface area contributed by atoms with Crippen LogP contribution in [0.25, 0.3) is 0 Å². The Hall–Kier alpha value is -2.30. The van der Waals surface area contributed by atoms with Crippen LogP contribution in [0.2, 0.25) is 0 Å². The van der Waals surface area contributed by atoms with Gasteiger partial charge in [0.15, 0.2) is 6.10 Å². The van der Waals surface area contributed by atoms with Crippen molar-refractivity contribution < 1.29 is 52.2 Å². The average molecular weight is 1040 g/mol. The zero-order chi connectivity index (χ0) is 52.7. The summed E-state index contributed by atoms with van der Waals surface area (Å²) in [5.74, 6) is -1.46. The molecule has 11 nitrogen and oxygen atoms in total. The molecule has 0 radical (unpaired) electrons. The Bertz CT molecular complexity index is 1350. The van der Waals surface area contributed by atoms with Crippen molar-refractivity contribution in [1.82, 2.24) is 0 Å². The summed E-state index contributed by atoms with van der Waals surface area (Å²) in [6.45, 7) is 4.61. The van der Waals surface area contributed by atoms with Gasteiger partial charge in [0.25, 0.3) is 0 Å². The minimum atomic E-state index is -4.74. The summed E-state index contributed by atoms with van der Waals surface area (Å²) in [5.41, 5.74) is 0. The molecule has 0 bridgehead atoms. The van der Waals surface area contributed by atoms with E-state index in [1.807, 2.05) is 0 Å². The van der Waals surface area contributed by atoms with Gasteiger partial charge < -0.3 is 24.2 Å². The Morgan fingerprint density at radius 2 is 0.694 bits per heavy atom. The minimum Gasteiger partial charge on any atom is -0.462 e. The first-order valence-corrected chi connectivity index (χ1v) is 31.4. The van der Waals surface area contributed by atoms with E-state index in [0.717, 1.165) is 89.9 Å². The second kappa shape index (κ2) is 54.9. The van der Waals surface area contributed by atoms with Crippen LogP contribution in [0, 0.1) is 0 Å². The first-order chi connectivity index (χ1) is 35.2. The molecule has 0 rings (SSSR count). The van der Waals surface area contributed by atoms with Crippen LogP contribution in [0.15, 0.2) is 36.5 Å². The van der Waals surface area contributed by atoms with Crippen LogP contribution < -0.4 is 0 Å². The molecule has 422 valence electrons. The first kappa shape index (κ1) is 69.7. The Morgan fingerprint density at radius 3 is 1.11 bits per heavy atom. The summed E-state index contributed by atoms with van der Waals surface area (Å²) < 4.78 is 39.5. The summed E-state index contributed by atoms with van der Waals surface area (Å²) in [4.78, 5) is 48.5. The molecule has 0 amide bonds. The number of carbonyl (C=O) groups is 3. The number of esters is 3. The second-order valence-corrected chi connectivity index (χ2v) is 21.6. The molecule has 0 aromatic heterocycles. The Labute approximate surface area is 441 Å². The molecule has 0 aliphatic heterocycles. The van der Waals surface area contributed by atoms with E-state index in [-0.39, 0.29) is 25.9 Å². The number of phosphoric acid groups is 1. The van der Waals surface area contributed by atoms with E-state index < -0.39 is 57.8 Å². The van der Waals surface area contributed by atoms with Gasteiger partial charge in [0.05, 0.1) is 19.8 Å². The molecule has 0 aromatic rings. The lowest BCUT2D eigenvalue weighted by atomic mass is 10.0. The summed E-state index contributed by atoms with van der Waals surface area (Å²) in [5, 5.41) is 9.79. The lowest BCUT2D eigenvalue weighted by Gasteiger charge is -2.21. The van der Waals surface area contributed by atoms with Gasteiger partial charge in [-0.25, -0.2) is 4.57 Å². The monoisotopic (exact) mass is 1040 g/mol. The van der Waals surface area contributed by atoms with Crippen LogP contribution in [-0.4, -0.2) is 66.5 Å². The van der Waals surface area contributed by atoms with E-state index in [1.54, 1.807) is 0 Å². The fraction of sp³-hybridized carbons (Fsp3) is 0.850. The molecular weight excluding hydrogens is 928 g/mol. The number of phosphoric ester groups is 1. The van der Waals surface area contributed by atoms with E-state index in [9.17, 15) is 28.9 Å². The smallest absolute Gasteiger partial charge is 0.462 e. The highest BCUT2D eigenvalue weighted by Gasteiger charge is 2.28. The van der Waals surface area contributed by atoms with Crippen LogP contribution in [0.4, 0.5) is 0 Å². The third kappa shape index (κ3) is 52.6. The first-order valence-electron chi connectivity index (χ1n) is 29.9. The molecule has 3 unspecified atom stereocenters. The van der Waals surface area contributed by atoms with Crippen molar-refractivity contribution in [3.63, 3.8) is 0 Å². The van der Waals surface area contributed by atoms with Crippen molar-refractivity contribution in [2.45, 2.75) is 303 Å². The van der Waals surface area contributed by atoms with Gasteiger partial charge in [-0.2, -0.15) is 0 Å². The highest BCUT2D eigenvalue weighted by molar-refractivity contribution is 7.47. The lowest BCUT2D eigenvalue weighted by Crippen LogP contribution is -2.30. The predicted octanol–water partition coefficient (Wildman–Crippen LogP) is 17.6. The predicted molar refractivity (Wildman–Crippen MR) is 298 cm³/mol. The highest BCUT2D eigenvalue weighted by atomic mass is 31.2. The maximum Gasteiger partial charge on any atom is 0.472 e. The summed E-state index contributed by atoms with van der Waals surface area (Å²) in [6.07, 6.45) is 56.7. The number of hydrogen-bond donors (Lipinski definition) is 2. The Morgan fingerprint density at radius 1 is 0.389 bits per heavy atom. The Kier molecular flexibility index (Phi) is 53.2. The van der Waals surface area contributed by atoms with Crippen LogP contribution in [-0.2, 0) is 42.2 Å². The third-order valence-corrected chi connectivity index (χ3v) is 14.0. The lowest BCUT2D eigenvalue weighted by molar-refractivity contribution is -0.161. The van der Waals surface area contributed by atoms with Crippen molar-refractivity contribution in [2.24, 2.45) is 0 Å². The van der Waals surface area contributed by atoms with E-state index in [0.29, 0.717) is 19.3 Å². The van der Waals surface area contributed by atoms with Gasteiger partial charge in [0.2, 0.25) is 0 Å². The third-order valence-electron chi connectivity index (χ3n) is 13.0. The van der Waals surface area contributed by atoms with Crippen LogP contribution >= 0.6 is 7.82 Å². The van der Waals surface area contributed by atoms with Gasteiger partial charge in [-0.1, -0.05) is 237 Å². The van der Waals surface area contributed by atoms with Gasteiger partial charge in [-0.3, -0.25) is 23.4 Å². The number of allylic oxidation sites excluding steroid dienone is 6. The molecule has 0 heterocycles. The van der Waals surface area contributed by atoms with Gasteiger partial charge in [0, 0.05) is 19.3 Å². The van der Waals surface area contributed by atoms with Gasteiger partial charge in [-0.15, -0.1) is 0 Å². The standard InChI is InChI=1S/C60H111O11P/c1-4-7-10-13-16-19-22-24-26-27-28-29-31-33-36-39-42-45-48-51-60(64)71-57(53-67-58(62)49-46-43-40-37-35-32-30-25-23-20-17-14-11-8-5-2)55-69-72(65,66)68-54-56(52-61)70-59(63)50-47-44-41-38-34-21-18-15-12-9-6-3/h15-16,18-19,24,26,56-57,61H,4-14,17,20-23,25,27-55H2,1-3H3,(H,65,66)/b18-15-,19-16-,26-24-. The normalized spacial score (nSPS) is 13.6. The number of rotatable bonds is 56. The van der Waals surface area contributed by atoms with Crippen LogP contribution in [0.3, 0.4) is 0 Å². The Balaban J connectivity index is 4.69. The molecule has 0 fully saturated rings. The molecule has 0 aromatic carbocycles. The second-order valence-electron chi connectivity index (χ2n) is 20.2. The molecule has 0 aliphatic rings. The van der Waals surface area contributed by atoms with E-state index in [4.69, 9.17) is 23.3 Å². The van der Waals surface area contributed by atoms with Crippen molar-refractivity contribution >= 4 is 25.7 Å². The molecular formula is C60H111O11P. The van der Waals surface area contributed by atoms with Gasteiger partial charge in [0.1, 0.15) is 12.7 Å². The number of carbonyl (C=O) groups excluding carboxylic acids is 3. The molecule has 0 saturated carbocycles. The number of aliphatic hydroxyl groups excluding tert-OH is 1. The van der Waals surface area contributed by atoms with Crippen molar-refractivity contribution in [3.05, 3.63) is 36.5 Å². The van der Waals surface area contributed by atoms with Crippen LogP contribution in [0.1, 0.15) is 290 Å². The highest BCUT2D eigenvalue weighted by Crippen LogP contribution is 2.43. The maximum atomic E-state index is 12.9. The molecule has 2 N–H and O–H groups in total. The van der Waals surface area contributed by atoms with Crippen molar-refractivity contribution in [3.8, 4) is 0 Å².